The monoisotopic (exact) mass is 399 g/mol. The van der Waals surface area contributed by atoms with Gasteiger partial charge in [-0.3, -0.25) is 0 Å². The van der Waals surface area contributed by atoms with Gasteiger partial charge in [-0.05, 0) is 82.6 Å². The van der Waals surface area contributed by atoms with Crippen LogP contribution >= 0.6 is 0 Å². The standard InChI is InChI=1S/C20H30N2.C6H15N/c1-7-9-10-18(5)22(8-2)20-14-13-19(15-16(20)3)12-11-17(4)21-6;1-4-6-7(3)5-2/h11-15,21H,4-5,7-10H2,1-3,6H3;4-6H2,1-3H3/b12-11+;. The third kappa shape index (κ3) is 10.9. The Kier molecular flexibility index (Phi) is 14.8. The topological polar surface area (TPSA) is 18.5 Å². The second-order valence-corrected chi connectivity index (χ2v) is 7.46. The Labute approximate surface area is 181 Å². The van der Waals surface area contributed by atoms with Gasteiger partial charge in [0.15, 0.2) is 0 Å². The van der Waals surface area contributed by atoms with Gasteiger partial charge in [-0.1, -0.05) is 52.5 Å². The van der Waals surface area contributed by atoms with Crippen molar-refractivity contribution < 1.29 is 0 Å². The Bertz CT molecular complexity index is 631. The molecular formula is C26H45N3. The Balaban J connectivity index is 0.000000956. The van der Waals surface area contributed by atoms with Gasteiger partial charge >= 0.3 is 0 Å². The molecule has 0 atom stereocenters. The summed E-state index contributed by atoms with van der Waals surface area (Å²) in [5.41, 5.74) is 5.84. The molecule has 0 aliphatic rings. The number of benzene rings is 1. The normalized spacial score (nSPS) is 10.6. The quantitative estimate of drug-likeness (QED) is 0.398. The average molecular weight is 400 g/mol. The fraction of sp³-hybridized carbons (Fsp3) is 0.538. The van der Waals surface area contributed by atoms with Crippen LogP contribution in [0.4, 0.5) is 5.69 Å². The van der Waals surface area contributed by atoms with Crippen molar-refractivity contribution in [3.63, 3.8) is 0 Å². The predicted molar refractivity (Wildman–Crippen MR) is 134 cm³/mol. The first-order chi connectivity index (χ1) is 13.8. The SMILES string of the molecule is C=C(/C=C/c1ccc(N(CC)C(=C)CCCC)c(C)c1)NC.CCCN(C)CC. The van der Waals surface area contributed by atoms with E-state index < -0.39 is 0 Å². The van der Waals surface area contributed by atoms with Crippen molar-refractivity contribution >= 4 is 11.8 Å². The minimum absolute atomic E-state index is 0.907. The Hall–Kier alpha value is -2.00. The Morgan fingerprint density at radius 1 is 1.07 bits per heavy atom. The summed E-state index contributed by atoms with van der Waals surface area (Å²) in [4.78, 5) is 4.63. The maximum atomic E-state index is 4.27. The lowest BCUT2D eigenvalue weighted by molar-refractivity contribution is 0.353. The van der Waals surface area contributed by atoms with Crippen LogP contribution < -0.4 is 10.2 Å². The first kappa shape index (κ1) is 27.0. The Morgan fingerprint density at radius 2 is 1.76 bits per heavy atom. The second-order valence-electron chi connectivity index (χ2n) is 7.46. The zero-order valence-corrected chi connectivity index (χ0v) is 20.1. The number of anilines is 1. The van der Waals surface area contributed by atoms with E-state index in [-0.39, 0.29) is 0 Å². The summed E-state index contributed by atoms with van der Waals surface area (Å²) in [6.45, 7) is 22.5. The summed E-state index contributed by atoms with van der Waals surface area (Å²) < 4.78 is 0. The first-order valence-electron chi connectivity index (χ1n) is 11.1. The fourth-order valence-electron chi connectivity index (χ4n) is 2.99. The summed E-state index contributed by atoms with van der Waals surface area (Å²) in [6, 6.07) is 6.56. The van der Waals surface area contributed by atoms with Crippen LogP contribution in [0.15, 0.2) is 48.8 Å². The fourth-order valence-corrected chi connectivity index (χ4v) is 2.99. The minimum atomic E-state index is 0.907. The van der Waals surface area contributed by atoms with Gasteiger partial charge in [0.1, 0.15) is 0 Å². The highest BCUT2D eigenvalue weighted by molar-refractivity contribution is 5.63. The van der Waals surface area contributed by atoms with E-state index in [0.717, 1.165) is 18.7 Å². The molecule has 1 aromatic carbocycles. The van der Waals surface area contributed by atoms with Crippen LogP contribution in [0.3, 0.4) is 0 Å². The number of hydrogen-bond donors (Lipinski definition) is 1. The predicted octanol–water partition coefficient (Wildman–Crippen LogP) is 6.62. The largest absolute Gasteiger partial charge is 0.389 e. The Morgan fingerprint density at radius 3 is 2.21 bits per heavy atom. The van der Waals surface area contributed by atoms with Crippen molar-refractivity contribution in [3.8, 4) is 0 Å². The molecule has 0 aliphatic carbocycles. The molecule has 0 saturated heterocycles. The number of rotatable bonds is 12. The van der Waals surface area contributed by atoms with Crippen molar-refractivity contribution in [2.24, 2.45) is 0 Å². The molecule has 164 valence electrons. The molecule has 1 rings (SSSR count). The van der Waals surface area contributed by atoms with E-state index in [1.165, 1.54) is 54.9 Å². The molecule has 0 spiro atoms. The molecule has 0 amide bonds. The number of aryl methyl sites for hydroxylation is 1. The molecular weight excluding hydrogens is 354 g/mol. The molecule has 0 fully saturated rings. The molecule has 0 aliphatic heterocycles. The van der Waals surface area contributed by atoms with Gasteiger partial charge in [0.05, 0.1) is 0 Å². The summed E-state index contributed by atoms with van der Waals surface area (Å²) in [5.74, 6) is 0. The van der Waals surface area contributed by atoms with E-state index in [9.17, 15) is 0 Å². The van der Waals surface area contributed by atoms with E-state index in [1.807, 2.05) is 13.1 Å². The van der Waals surface area contributed by atoms with E-state index in [0.29, 0.717) is 0 Å². The molecule has 29 heavy (non-hydrogen) atoms. The van der Waals surface area contributed by atoms with Crippen LogP contribution in [0.25, 0.3) is 6.08 Å². The van der Waals surface area contributed by atoms with Gasteiger partial charge in [0.25, 0.3) is 0 Å². The highest BCUT2D eigenvalue weighted by Gasteiger charge is 2.10. The van der Waals surface area contributed by atoms with E-state index in [2.05, 4.69) is 94.2 Å². The van der Waals surface area contributed by atoms with Crippen LogP contribution in [-0.2, 0) is 0 Å². The summed E-state index contributed by atoms with van der Waals surface area (Å²) in [7, 11) is 4.02. The molecule has 0 heterocycles. The maximum absolute atomic E-state index is 4.27. The molecule has 3 nitrogen and oxygen atoms in total. The molecule has 0 aromatic heterocycles. The lowest BCUT2D eigenvalue weighted by Gasteiger charge is -2.27. The molecule has 3 heteroatoms. The minimum Gasteiger partial charge on any atom is -0.389 e. The van der Waals surface area contributed by atoms with Crippen LogP contribution in [0.5, 0.6) is 0 Å². The molecule has 1 N–H and O–H groups in total. The van der Waals surface area contributed by atoms with E-state index in [4.69, 9.17) is 0 Å². The number of likely N-dealkylation sites (N-methyl/N-ethyl adjacent to an activating group) is 1. The molecule has 0 saturated carbocycles. The molecule has 0 unspecified atom stereocenters. The summed E-state index contributed by atoms with van der Waals surface area (Å²) in [5, 5.41) is 3.02. The van der Waals surface area contributed by atoms with E-state index >= 15 is 0 Å². The number of nitrogens with zero attached hydrogens (tertiary/aromatic N) is 2. The lowest BCUT2D eigenvalue weighted by Crippen LogP contribution is -2.22. The smallest absolute Gasteiger partial charge is 0.0438 e. The maximum Gasteiger partial charge on any atom is 0.0438 e. The van der Waals surface area contributed by atoms with Crippen molar-refractivity contribution in [1.82, 2.24) is 10.2 Å². The number of allylic oxidation sites excluding steroid dienone is 2. The molecule has 0 bridgehead atoms. The third-order valence-electron chi connectivity index (χ3n) is 4.97. The average Bonchev–Trinajstić information content (AvgIpc) is 2.72. The third-order valence-corrected chi connectivity index (χ3v) is 4.97. The molecule has 0 radical (unpaired) electrons. The summed E-state index contributed by atoms with van der Waals surface area (Å²) >= 11 is 0. The van der Waals surface area contributed by atoms with Crippen molar-refractivity contribution in [3.05, 3.63) is 60.0 Å². The van der Waals surface area contributed by atoms with Crippen LogP contribution in [-0.4, -0.2) is 38.6 Å². The van der Waals surface area contributed by atoms with Crippen LogP contribution in [0.2, 0.25) is 0 Å². The number of nitrogens with one attached hydrogen (secondary N) is 1. The summed E-state index contributed by atoms with van der Waals surface area (Å²) in [6.07, 6.45) is 8.80. The van der Waals surface area contributed by atoms with Gasteiger partial charge in [-0.2, -0.15) is 0 Å². The number of unbranched alkanes of at least 4 members (excludes halogenated alkanes) is 1. The van der Waals surface area contributed by atoms with Gasteiger partial charge in [-0.15, -0.1) is 0 Å². The van der Waals surface area contributed by atoms with Crippen LogP contribution in [0, 0.1) is 6.92 Å². The number of hydrogen-bond acceptors (Lipinski definition) is 3. The van der Waals surface area contributed by atoms with Crippen molar-refractivity contribution in [1.29, 1.82) is 0 Å². The van der Waals surface area contributed by atoms with Gasteiger partial charge < -0.3 is 15.1 Å². The lowest BCUT2D eigenvalue weighted by atomic mass is 10.1. The highest BCUT2D eigenvalue weighted by Crippen LogP contribution is 2.26. The first-order valence-corrected chi connectivity index (χ1v) is 11.1. The van der Waals surface area contributed by atoms with Gasteiger partial charge in [0, 0.05) is 30.7 Å². The van der Waals surface area contributed by atoms with E-state index in [1.54, 1.807) is 0 Å². The highest BCUT2D eigenvalue weighted by atomic mass is 15.1. The van der Waals surface area contributed by atoms with Crippen molar-refractivity contribution in [2.75, 3.05) is 38.6 Å². The second kappa shape index (κ2) is 15.9. The van der Waals surface area contributed by atoms with Crippen molar-refractivity contribution in [2.45, 2.75) is 60.3 Å². The molecule has 1 aromatic rings. The van der Waals surface area contributed by atoms with Gasteiger partial charge in [0.2, 0.25) is 0 Å². The zero-order chi connectivity index (χ0) is 22.2. The van der Waals surface area contributed by atoms with Crippen LogP contribution in [0.1, 0.15) is 64.5 Å². The van der Waals surface area contributed by atoms with Gasteiger partial charge in [-0.25, -0.2) is 0 Å². The zero-order valence-electron chi connectivity index (χ0n) is 20.1.